The van der Waals surface area contributed by atoms with Gasteiger partial charge in [0.1, 0.15) is 17.6 Å². The molecule has 3 aromatic rings. The minimum absolute atomic E-state index is 0.120. The highest BCUT2D eigenvalue weighted by atomic mass is 16.2. The van der Waals surface area contributed by atoms with Crippen LogP contribution in [0.2, 0.25) is 0 Å². The highest BCUT2D eigenvalue weighted by Crippen LogP contribution is 2.36. The molecule has 0 radical (unpaired) electrons. The van der Waals surface area contributed by atoms with E-state index in [1.54, 1.807) is 11.1 Å². The molecule has 2 fully saturated rings. The molecule has 10 nitrogen and oxygen atoms in total. The summed E-state index contributed by atoms with van der Waals surface area (Å²) in [6.45, 7) is 4.26. The fraction of sp³-hybridized carbons (Fsp3) is 0.458. The molecule has 0 spiro atoms. The van der Waals surface area contributed by atoms with Gasteiger partial charge in [0.25, 0.3) is 5.91 Å². The van der Waals surface area contributed by atoms with Crippen LogP contribution in [0.4, 0.5) is 5.82 Å². The number of anilines is 1. The van der Waals surface area contributed by atoms with Crippen LogP contribution in [-0.2, 0) is 11.2 Å². The molecule has 6 rings (SSSR count). The fourth-order valence-corrected chi connectivity index (χ4v) is 5.43. The third-order valence-corrected chi connectivity index (χ3v) is 7.35. The summed E-state index contributed by atoms with van der Waals surface area (Å²) in [5, 5.41) is 15.0. The van der Waals surface area contributed by atoms with Crippen LogP contribution in [0, 0.1) is 6.92 Å². The monoisotopic (exact) mass is 460 g/mol. The number of piperidine rings is 1. The molecule has 2 saturated heterocycles. The lowest BCUT2D eigenvalue weighted by Gasteiger charge is -2.46. The maximum Gasteiger partial charge on any atom is 0.275 e. The van der Waals surface area contributed by atoms with E-state index in [9.17, 15) is 9.59 Å². The Bertz CT molecular complexity index is 1280. The first-order chi connectivity index (χ1) is 16.5. The maximum atomic E-state index is 13.9. The van der Waals surface area contributed by atoms with Gasteiger partial charge in [0.15, 0.2) is 5.82 Å². The zero-order valence-corrected chi connectivity index (χ0v) is 19.4. The molecular formula is C24H28N8O2. The summed E-state index contributed by atoms with van der Waals surface area (Å²) >= 11 is 0. The molecule has 1 aromatic carbocycles. The van der Waals surface area contributed by atoms with Crippen LogP contribution >= 0.6 is 0 Å². The van der Waals surface area contributed by atoms with Gasteiger partial charge in [-0.3, -0.25) is 14.0 Å². The molecule has 3 aliphatic rings. The third kappa shape index (κ3) is 3.40. The number of aryl methyl sites for hydroxylation is 1. The molecule has 2 amide bonds. The molecule has 2 aromatic heterocycles. The summed E-state index contributed by atoms with van der Waals surface area (Å²) in [6.07, 6.45) is 4.17. The fourth-order valence-electron chi connectivity index (χ4n) is 5.43. The van der Waals surface area contributed by atoms with E-state index in [0.717, 1.165) is 37.1 Å². The quantitative estimate of drug-likeness (QED) is 0.604. The first-order valence-corrected chi connectivity index (χ1v) is 11.8. The molecule has 10 heteroatoms. The average molecular weight is 461 g/mol. The number of hydrogen-bond donors (Lipinski definition) is 2. The second-order valence-electron chi connectivity index (χ2n) is 9.53. The molecule has 34 heavy (non-hydrogen) atoms. The number of likely N-dealkylation sites (tertiary alicyclic amines) is 1. The SMILES string of the molecule is Cc1nnc2c(NC3CCN(C)CC3)nc(C(=O)N3[C@H]4Cc5ccccc5[C@@H]3CNC4=O)cn12. The van der Waals surface area contributed by atoms with Crippen molar-refractivity contribution >= 4 is 23.3 Å². The summed E-state index contributed by atoms with van der Waals surface area (Å²) in [7, 11) is 2.12. The van der Waals surface area contributed by atoms with E-state index < -0.39 is 6.04 Å². The molecular weight excluding hydrogens is 432 g/mol. The number of benzene rings is 1. The van der Waals surface area contributed by atoms with E-state index >= 15 is 0 Å². The van der Waals surface area contributed by atoms with Crippen LogP contribution in [0.25, 0.3) is 5.65 Å². The molecule has 0 aliphatic carbocycles. The van der Waals surface area contributed by atoms with Crippen molar-refractivity contribution in [2.75, 3.05) is 32.0 Å². The summed E-state index contributed by atoms with van der Waals surface area (Å²) in [4.78, 5) is 35.5. The first kappa shape index (κ1) is 21.0. The van der Waals surface area contributed by atoms with Gasteiger partial charge in [0.05, 0.1) is 6.04 Å². The van der Waals surface area contributed by atoms with Gasteiger partial charge in [0, 0.05) is 25.2 Å². The molecule has 2 N–H and O–H groups in total. The van der Waals surface area contributed by atoms with Crippen molar-refractivity contribution < 1.29 is 9.59 Å². The first-order valence-electron chi connectivity index (χ1n) is 11.8. The van der Waals surface area contributed by atoms with Crippen molar-refractivity contribution in [2.24, 2.45) is 0 Å². The maximum absolute atomic E-state index is 13.9. The number of carbonyl (C=O) groups excluding carboxylic acids is 2. The summed E-state index contributed by atoms with van der Waals surface area (Å²) in [5.74, 6) is 0.874. The van der Waals surface area contributed by atoms with Crippen molar-refractivity contribution in [1.82, 2.24) is 34.7 Å². The van der Waals surface area contributed by atoms with E-state index in [1.165, 1.54) is 0 Å². The second-order valence-corrected chi connectivity index (χ2v) is 9.53. The van der Waals surface area contributed by atoms with Crippen LogP contribution in [0.5, 0.6) is 0 Å². The van der Waals surface area contributed by atoms with Gasteiger partial charge in [-0.25, -0.2) is 4.98 Å². The smallest absolute Gasteiger partial charge is 0.275 e. The van der Waals surface area contributed by atoms with Crippen LogP contribution in [-0.4, -0.2) is 80.0 Å². The van der Waals surface area contributed by atoms with Crippen molar-refractivity contribution in [1.29, 1.82) is 0 Å². The third-order valence-electron chi connectivity index (χ3n) is 7.35. The van der Waals surface area contributed by atoms with Gasteiger partial charge in [0.2, 0.25) is 11.6 Å². The molecule has 2 atom stereocenters. The van der Waals surface area contributed by atoms with Crippen LogP contribution in [0.1, 0.15) is 46.3 Å². The minimum atomic E-state index is -0.550. The number of fused-ring (bicyclic) bond motifs is 5. The lowest BCUT2D eigenvalue weighted by Crippen LogP contribution is -2.61. The van der Waals surface area contributed by atoms with E-state index in [1.807, 2.05) is 35.6 Å². The molecule has 5 heterocycles. The number of rotatable bonds is 3. The Labute approximate surface area is 197 Å². The predicted molar refractivity (Wildman–Crippen MR) is 126 cm³/mol. The number of nitrogens with one attached hydrogen (secondary N) is 2. The van der Waals surface area contributed by atoms with Gasteiger partial charge >= 0.3 is 0 Å². The second kappa shape index (κ2) is 8.05. The standard InChI is InChI=1S/C24H28N8O2/c1-14-28-29-22-21(26-16-7-9-30(2)10-8-16)27-18(13-31(14)22)24(34)32-19-11-15-5-3-4-6-17(15)20(32)12-25-23(19)33/h3-6,13,16,19-20H,7-12H2,1-2H3,(H,25,33)(H,26,27)/t19-,20-/m0/s1. The Morgan fingerprint density at radius 1 is 1.15 bits per heavy atom. The molecule has 0 unspecified atom stereocenters. The summed E-state index contributed by atoms with van der Waals surface area (Å²) in [6, 6.07) is 7.53. The molecule has 176 valence electrons. The number of nitrogens with zero attached hydrogens (tertiary/aromatic N) is 6. The Hall–Kier alpha value is -3.53. The topological polar surface area (TPSA) is 108 Å². The van der Waals surface area contributed by atoms with Gasteiger partial charge in [-0.2, -0.15) is 0 Å². The highest BCUT2D eigenvalue weighted by molar-refractivity contribution is 5.98. The normalized spacial score (nSPS) is 23.0. The molecule has 2 bridgehead atoms. The van der Waals surface area contributed by atoms with Crippen LogP contribution in [0.3, 0.4) is 0 Å². The summed E-state index contributed by atoms with van der Waals surface area (Å²) < 4.78 is 1.81. The zero-order valence-electron chi connectivity index (χ0n) is 19.4. The van der Waals surface area contributed by atoms with Crippen molar-refractivity contribution in [3.8, 4) is 0 Å². The Morgan fingerprint density at radius 3 is 2.76 bits per heavy atom. The average Bonchev–Trinajstić information content (AvgIpc) is 3.23. The van der Waals surface area contributed by atoms with Gasteiger partial charge in [-0.1, -0.05) is 24.3 Å². The van der Waals surface area contributed by atoms with Crippen LogP contribution < -0.4 is 10.6 Å². The Balaban J connectivity index is 1.38. The lowest BCUT2D eigenvalue weighted by molar-refractivity contribution is -0.130. The molecule has 0 saturated carbocycles. The Kier molecular flexibility index (Phi) is 4.98. The number of aromatic nitrogens is 4. The van der Waals surface area contributed by atoms with Crippen LogP contribution in [0.15, 0.2) is 30.5 Å². The van der Waals surface area contributed by atoms with Crippen molar-refractivity contribution in [2.45, 2.75) is 44.3 Å². The number of piperazine rings is 1. The van der Waals surface area contributed by atoms with E-state index in [0.29, 0.717) is 30.3 Å². The van der Waals surface area contributed by atoms with Gasteiger partial charge in [-0.15, -0.1) is 10.2 Å². The van der Waals surface area contributed by atoms with E-state index in [2.05, 4.69) is 32.8 Å². The van der Waals surface area contributed by atoms with Crippen molar-refractivity contribution in [3.05, 3.63) is 53.1 Å². The highest BCUT2D eigenvalue weighted by Gasteiger charge is 2.45. The minimum Gasteiger partial charge on any atom is -0.364 e. The lowest BCUT2D eigenvalue weighted by atomic mass is 9.85. The predicted octanol–water partition coefficient (Wildman–Crippen LogP) is 1.18. The van der Waals surface area contributed by atoms with Crippen molar-refractivity contribution in [3.63, 3.8) is 0 Å². The number of amides is 2. The largest absolute Gasteiger partial charge is 0.364 e. The van der Waals surface area contributed by atoms with Gasteiger partial charge < -0.3 is 20.4 Å². The van der Waals surface area contributed by atoms with E-state index in [-0.39, 0.29) is 29.6 Å². The van der Waals surface area contributed by atoms with E-state index in [4.69, 9.17) is 4.98 Å². The number of carbonyl (C=O) groups is 2. The Morgan fingerprint density at radius 2 is 1.94 bits per heavy atom. The zero-order chi connectivity index (χ0) is 23.4. The molecule has 3 aliphatic heterocycles. The number of hydrogen-bond acceptors (Lipinski definition) is 7. The van der Waals surface area contributed by atoms with Gasteiger partial charge in [-0.05, 0) is 51.0 Å². The summed E-state index contributed by atoms with van der Waals surface area (Å²) in [5.41, 5.74) is 3.10.